The number of ether oxygens (including phenoxy) is 1. The molecule has 0 aliphatic carbocycles. The Labute approximate surface area is 85.3 Å². The molecule has 0 radical (unpaired) electrons. The fraction of sp³-hybridized carbons (Fsp3) is 0.333. The van der Waals surface area contributed by atoms with Gasteiger partial charge < -0.3 is 13.5 Å². The number of methoxy groups -OCH3 is 1. The molecule has 1 aromatic rings. The summed E-state index contributed by atoms with van der Waals surface area (Å²) in [6.45, 7) is 0.156. The van der Waals surface area contributed by atoms with Crippen LogP contribution in [-0.2, 0) is 22.0 Å². The quantitative estimate of drug-likeness (QED) is 0.689. The van der Waals surface area contributed by atoms with Gasteiger partial charge in [0.25, 0.3) is 0 Å². The van der Waals surface area contributed by atoms with Crippen LogP contribution in [0.2, 0.25) is 0 Å². The minimum atomic E-state index is -2.43. The summed E-state index contributed by atoms with van der Waals surface area (Å²) < 4.78 is 29.5. The minimum absolute atomic E-state index is 0.156. The van der Waals surface area contributed by atoms with E-state index in [9.17, 15) is 8.76 Å². The van der Waals surface area contributed by atoms with E-state index < -0.39 is 11.4 Å². The van der Waals surface area contributed by atoms with Crippen molar-refractivity contribution < 1.29 is 17.7 Å². The van der Waals surface area contributed by atoms with Crippen molar-refractivity contribution in [3.8, 4) is 5.75 Å². The lowest BCUT2D eigenvalue weighted by Gasteiger charge is -2.06. The number of rotatable bonds is 5. The molecule has 0 heterocycles. The van der Waals surface area contributed by atoms with Crippen LogP contribution in [0.5, 0.6) is 5.75 Å². The van der Waals surface area contributed by atoms with Crippen LogP contribution in [0.25, 0.3) is 0 Å². The fourth-order valence-corrected chi connectivity index (χ4v) is 1.27. The monoisotopic (exact) mass is 215 g/mol. The Morgan fingerprint density at radius 3 is 2.93 bits per heavy atom. The largest absolute Gasteiger partial charge is 0.750 e. The van der Waals surface area contributed by atoms with Gasteiger partial charge in [0.2, 0.25) is 0 Å². The zero-order valence-electron chi connectivity index (χ0n) is 7.76. The Morgan fingerprint density at radius 2 is 2.29 bits per heavy atom. The summed E-state index contributed by atoms with van der Waals surface area (Å²) in [5, 5.41) is 0. The molecule has 0 aromatic heterocycles. The lowest BCUT2D eigenvalue weighted by Crippen LogP contribution is -2.01. The minimum Gasteiger partial charge on any atom is -0.750 e. The van der Waals surface area contributed by atoms with Crippen LogP contribution in [0.1, 0.15) is 5.56 Å². The zero-order valence-corrected chi connectivity index (χ0v) is 8.58. The Hall–Kier alpha value is -0.910. The van der Waals surface area contributed by atoms with Gasteiger partial charge >= 0.3 is 0 Å². The summed E-state index contributed by atoms with van der Waals surface area (Å²) in [6, 6.07) is 7.41. The van der Waals surface area contributed by atoms with Crippen molar-refractivity contribution in [1.82, 2.24) is 0 Å². The third-order valence-corrected chi connectivity index (χ3v) is 2.06. The Morgan fingerprint density at radius 1 is 1.50 bits per heavy atom. The van der Waals surface area contributed by atoms with Gasteiger partial charge in [-0.25, -0.2) is 4.21 Å². The van der Waals surface area contributed by atoms with Gasteiger partial charge in [0.1, 0.15) is 5.75 Å². The zero-order chi connectivity index (χ0) is 10.4. The smallest absolute Gasteiger partial charge is 0.119 e. The normalized spacial score (nSPS) is 12.4. The molecule has 78 valence electrons. The second kappa shape index (κ2) is 5.74. The highest BCUT2D eigenvalue weighted by atomic mass is 32.2. The van der Waals surface area contributed by atoms with Gasteiger partial charge in [-0.2, -0.15) is 0 Å². The van der Waals surface area contributed by atoms with Crippen LogP contribution < -0.4 is 4.74 Å². The SMILES string of the molecule is COc1cccc(CCOS(=O)[O-])c1. The molecule has 1 atom stereocenters. The molecule has 5 heteroatoms. The van der Waals surface area contributed by atoms with Crippen molar-refractivity contribution >= 4 is 11.4 Å². The summed E-state index contributed by atoms with van der Waals surface area (Å²) in [6.07, 6.45) is 0.547. The van der Waals surface area contributed by atoms with Gasteiger partial charge in [-0.05, 0) is 24.1 Å². The van der Waals surface area contributed by atoms with Crippen LogP contribution in [0.4, 0.5) is 0 Å². The third kappa shape index (κ3) is 3.87. The van der Waals surface area contributed by atoms with Crippen LogP contribution in [0.3, 0.4) is 0 Å². The first kappa shape index (κ1) is 11.2. The predicted molar refractivity (Wildman–Crippen MR) is 51.6 cm³/mol. The van der Waals surface area contributed by atoms with Crippen LogP contribution in [-0.4, -0.2) is 22.5 Å². The van der Waals surface area contributed by atoms with Gasteiger partial charge in [-0.1, -0.05) is 12.1 Å². The van der Waals surface area contributed by atoms with Crippen molar-refractivity contribution in [3.63, 3.8) is 0 Å². The summed E-state index contributed by atoms with van der Waals surface area (Å²) in [7, 11) is 1.59. The molecular formula is C9H11O4S-. The standard InChI is InChI=1S/C9H12O4S/c1-12-9-4-2-3-8(7-9)5-6-13-14(10)11/h2-4,7H,5-6H2,1H3,(H,10,11)/p-1. The van der Waals surface area contributed by atoms with Gasteiger partial charge in [-0.15, -0.1) is 0 Å². The lowest BCUT2D eigenvalue weighted by molar-refractivity contribution is 0.304. The number of benzene rings is 1. The molecule has 0 saturated heterocycles. The van der Waals surface area contributed by atoms with Crippen molar-refractivity contribution in [2.24, 2.45) is 0 Å². The molecule has 0 spiro atoms. The van der Waals surface area contributed by atoms with Crippen molar-refractivity contribution in [3.05, 3.63) is 29.8 Å². The molecule has 1 unspecified atom stereocenters. The second-order valence-corrected chi connectivity index (χ2v) is 3.27. The van der Waals surface area contributed by atoms with E-state index >= 15 is 0 Å². The number of hydrogen-bond acceptors (Lipinski definition) is 4. The highest BCUT2D eigenvalue weighted by Gasteiger charge is 1.95. The first-order valence-electron chi connectivity index (χ1n) is 4.08. The summed E-state index contributed by atoms with van der Waals surface area (Å²) in [5.74, 6) is 0.755. The molecule has 0 N–H and O–H groups in total. The van der Waals surface area contributed by atoms with Crippen LogP contribution >= 0.6 is 0 Å². The lowest BCUT2D eigenvalue weighted by atomic mass is 10.1. The molecule has 1 rings (SSSR count). The van der Waals surface area contributed by atoms with Gasteiger partial charge in [0.15, 0.2) is 0 Å². The molecule has 0 saturated carbocycles. The van der Waals surface area contributed by atoms with Crippen molar-refractivity contribution in [2.45, 2.75) is 6.42 Å². The maximum Gasteiger partial charge on any atom is 0.119 e. The molecule has 14 heavy (non-hydrogen) atoms. The average molecular weight is 215 g/mol. The molecular weight excluding hydrogens is 204 g/mol. The van der Waals surface area contributed by atoms with Gasteiger partial charge in [0.05, 0.1) is 25.1 Å². The Bertz CT molecular complexity index is 313. The Balaban J connectivity index is 2.46. The number of hydrogen-bond donors (Lipinski definition) is 0. The molecule has 4 nitrogen and oxygen atoms in total. The average Bonchev–Trinajstić information content (AvgIpc) is 2.18. The van der Waals surface area contributed by atoms with Gasteiger partial charge in [-0.3, -0.25) is 0 Å². The third-order valence-electron chi connectivity index (χ3n) is 1.70. The van der Waals surface area contributed by atoms with E-state index in [1.807, 2.05) is 24.3 Å². The molecule has 1 aromatic carbocycles. The van der Waals surface area contributed by atoms with E-state index in [1.165, 1.54) is 0 Å². The fourth-order valence-electron chi connectivity index (χ4n) is 1.06. The molecule has 0 fully saturated rings. The summed E-state index contributed by atoms with van der Waals surface area (Å²) >= 11 is -2.43. The molecule has 0 bridgehead atoms. The van der Waals surface area contributed by atoms with Crippen LogP contribution in [0.15, 0.2) is 24.3 Å². The van der Waals surface area contributed by atoms with E-state index in [0.29, 0.717) is 6.42 Å². The van der Waals surface area contributed by atoms with Crippen LogP contribution in [0, 0.1) is 0 Å². The molecule has 0 aliphatic heterocycles. The predicted octanol–water partition coefficient (Wildman–Crippen LogP) is 1.05. The topological polar surface area (TPSA) is 58.6 Å². The highest BCUT2D eigenvalue weighted by molar-refractivity contribution is 7.74. The van der Waals surface area contributed by atoms with Crippen molar-refractivity contribution in [2.75, 3.05) is 13.7 Å². The highest BCUT2D eigenvalue weighted by Crippen LogP contribution is 2.12. The second-order valence-electron chi connectivity index (χ2n) is 2.63. The van der Waals surface area contributed by atoms with Crippen molar-refractivity contribution in [1.29, 1.82) is 0 Å². The maximum atomic E-state index is 10.1. The van der Waals surface area contributed by atoms with E-state index in [4.69, 9.17) is 4.74 Å². The van der Waals surface area contributed by atoms with E-state index in [1.54, 1.807) is 7.11 Å². The first-order chi connectivity index (χ1) is 6.72. The molecule has 0 amide bonds. The maximum absolute atomic E-state index is 10.1. The molecule has 0 aliphatic rings. The van der Waals surface area contributed by atoms with E-state index in [-0.39, 0.29) is 6.61 Å². The van der Waals surface area contributed by atoms with Gasteiger partial charge in [0, 0.05) is 0 Å². The summed E-state index contributed by atoms with van der Waals surface area (Å²) in [5.41, 5.74) is 0.981. The van der Waals surface area contributed by atoms with E-state index in [2.05, 4.69) is 4.18 Å². The van der Waals surface area contributed by atoms with E-state index in [0.717, 1.165) is 11.3 Å². The Kier molecular flexibility index (Phi) is 4.58. The first-order valence-corrected chi connectivity index (χ1v) is 5.08. The summed E-state index contributed by atoms with van der Waals surface area (Å²) in [4.78, 5) is 0.